The van der Waals surface area contributed by atoms with Crippen molar-refractivity contribution in [1.82, 2.24) is 5.32 Å². The highest BCUT2D eigenvalue weighted by Crippen LogP contribution is 2.28. The quantitative estimate of drug-likeness (QED) is 0.498. The number of carbonyl (C=O) groups excluding carboxylic acids is 4. The van der Waals surface area contributed by atoms with Gasteiger partial charge in [-0.25, -0.2) is 0 Å². The van der Waals surface area contributed by atoms with Gasteiger partial charge in [0.25, 0.3) is 0 Å². The lowest BCUT2D eigenvalue weighted by molar-refractivity contribution is -0.317. The Labute approximate surface area is 145 Å². The maximum atomic E-state index is 11.6. The highest BCUT2D eigenvalue weighted by Gasteiger charge is 2.52. The number of ether oxygens (including phenoxy) is 5. The highest BCUT2D eigenvalue weighted by atomic mass is 16.8. The van der Waals surface area contributed by atoms with Crippen LogP contribution in [0.1, 0.15) is 34.1 Å². The molecule has 0 aromatic carbocycles. The molecule has 10 heteroatoms. The van der Waals surface area contributed by atoms with Gasteiger partial charge in [0.1, 0.15) is 6.04 Å². The van der Waals surface area contributed by atoms with Gasteiger partial charge in [-0.2, -0.15) is 0 Å². The lowest BCUT2D eigenvalue weighted by atomic mass is 10.00. The second-order valence-electron chi connectivity index (χ2n) is 5.33. The molecule has 0 spiro atoms. The molecule has 1 fully saturated rings. The third kappa shape index (κ3) is 5.98. The molecule has 5 unspecified atom stereocenters. The van der Waals surface area contributed by atoms with Gasteiger partial charge in [-0.3, -0.25) is 19.2 Å². The lowest BCUT2D eigenvalue weighted by Gasteiger charge is -2.43. The smallest absolute Gasteiger partial charge is 0.307 e. The molecule has 0 radical (unpaired) electrons. The van der Waals surface area contributed by atoms with Crippen molar-refractivity contribution >= 4 is 23.8 Å². The molecule has 1 saturated heterocycles. The van der Waals surface area contributed by atoms with E-state index in [-0.39, 0.29) is 6.42 Å². The molecule has 0 aromatic heterocycles. The van der Waals surface area contributed by atoms with Crippen molar-refractivity contribution in [3.63, 3.8) is 0 Å². The van der Waals surface area contributed by atoms with E-state index in [0.717, 1.165) is 13.8 Å². The van der Waals surface area contributed by atoms with Gasteiger partial charge >= 0.3 is 17.9 Å². The van der Waals surface area contributed by atoms with Gasteiger partial charge in [-0.1, -0.05) is 6.92 Å². The van der Waals surface area contributed by atoms with E-state index in [1.807, 2.05) is 0 Å². The number of hydrogen-bond acceptors (Lipinski definition) is 9. The van der Waals surface area contributed by atoms with Crippen LogP contribution in [0.15, 0.2) is 0 Å². The number of rotatable bonds is 6. The van der Waals surface area contributed by atoms with Gasteiger partial charge in [0, 0.05) is 34.3 Å². The summed E-state index contributed by atoms with van der Waals surface area (Å²) in [6, 6.07) is -0.979. The van der Waals surface area contributed by atoms with Crippen LogP contribution < -0.4 is 5.32 Å². The number of hydrogen-bond donors (Lipinski definition) is 1. The molecule has 1 aliphatic rings. The summed E-state index contributed by atoms with van der Waals surface area (Å²) in [5.74, 6) is -2.45. The molecule has 0 bridgehead atoms. The number of amides is 1. The van der Waals surface area contributed by atoms with E-state index in [0.29, 0.717) is 0 Å². The predicted octanol–water partition coefficient (Wildman–Crippen LogP) is -0.363. The topological polar surface area (TPSA) is 126 Å². The fourth-order valence-corrected chi connectivity index (χ4v) is 2.35. The summed E-state index contributed by atoms with van der Waals surface area (Å²) in [5, 5.41) is 2.53. The zero-order valence-corrected chi connectivity index (χ0v) is 14.8. The molecule has 1 aliphatic heterocycles. The lowest BCUT2D eigenvalue weighted by Crippen LogP contribution is -2.66. The van der Waals surface area contributed by atoms with Crippen LogP contribution in [-0.2, 0) is 42.9 Å². The van der Waals surface area contributed by atoms with Crippen LogP contribution in [0.2, 0.25) is 0 Å². The molecule has 142 valence electrons. The maximum absolute atomic E-state index is 11.6. The molecule has 1 rings (SSSR count). The molecule has 0 aliphatic carbocycles. The fraction of sp³-hybridized carbons (Fsp3) is 0.733. The van der Waals surface area contributed by atoms with Crippen LogP contribution in [-0.4, -0.2) is 61.8 Å². The van der Waals surface area contributed by atoms with E-state index in [4.69, 9.17) is 23.7 Å². The minimum atomic E-state index is -1.37. The number of esters is 3. The Balaban J connectivity index is 3.23. The van der Waals surface area contributed by atoms with Crippen LogP contribution in [0.5, 0.6) is 0 Å². The zero-order chi connectivity index (χ0) is 19.1. The van der Waals surface area contributed by atoms with Crippen molar-refractivity contribution in [2.24, 2.45) is 0 Å². The molecule has 0 saturated carbocycles. The van der Waals surface area contributed by atoms with Gasteiger partial charge in [0.2, 0.25) is 18.3 Å². The molecule has 1 N–H and O–H groups in total. The average molecular weight is 361 g/mol. The zero-order valence-electron chi connectivity index (χ0n) is 14.8. The summed E-state index contributed by atoms with van der Waals surface area (Å²) < 4.78 is 26.1. The van der Waals surface area contributed by atoms with E-state index in [1.54, 1.807) is 6.92 Å². The maximum Gasteiger partial charge on any atom is 0.307 e. The summed E-state index contributed by atoms with van der Waals surface area (Å²) in [4.78, 5) is 46.1. The monoisotopic (exact) mass is 361 g/mol. The average Bonchev–Trinajstić information content (AvgIpc) is 2.51. The van der Waals surface area contributed by atoms with Crippen LogP contribution >= 0.6 is 0 Å². The van der Waals surface area contributed by atoms with E-state index in [2.05, 4.69) is 5.32 Å². The highest BCUT2D eigenvalue weighted by molar-refractivity contribution is 5.74. The molecule has 10 nitrogen and oxygen atoms in total. The minimum Gasteiger partial charge on any atom is -0.456 e. The third-order valence-electron chi connectivity index (χ3n) is 3.25. The minimum absolute atomic E-state index is 0.0532. The normalized spacial score (nSPS) is 28.6. The van der Waals surface area contributed by atoms with Crippen molar-refractivity contribution in [1.29, 1.82) is 0 Å². The third-order valence-corrected chi connectivity index (χ3v) is 3.25. The Morgan fingerprint density at radius 1 is 0.920 bits per heavy atom. The van der Waals surface area contributed by atoms with Crippen LogP contribution in [0.3, 0.4) is 0 Å². The van der Waals surface area contributed by atoms with E-state index in [1.165, 1.54) is 14.0 Å². The summed E-state index contributed by atoms with van der Waals surface area (Å²) in [7, 11) is 1.30. The summed E-state index contributed by atoms with van der Waals surface area (Å²) >= 11 is 0. The van der Waals surface area contributed by atoms with Crippen molar-refractivity contribution in [3.05, 3.63) is 0 Å². The van der Waals surface area contributed by atoms with Gasteiger partial charge in [0.05, 0.1) is 0 Å². The Morgan fingerprint density at radius 2 is 1.48 bits per heavy atom. The number of nitrogens with one attached hydrogen (secondary N) is 1. The first-order valence-electron chi connectivity index (χ1n) is 7.68. The molecule has 0 aromatic rings. The largest absolute Gasteiger partial charge is 0.456 e. The van der Waals surface area contributed by atoms with E-state index in [9.17, 15) is 19.2 Å². The van der Waals surface area contributed by atoms with Crippen molar-refractivity contribution in [2.75, 3.05) is 7.11 Å². The molecule has 5 atom stereocenters. The molecule has 1 amide bonds. The van der Waals surface area contributed by atoms with Crippen molar-refractivity contribution in [2.45, 2.75) is 64.9 Å². The van der Waals surface area contributed by atoms with Gasteiger partial charge in [-0.15, -0.1) is 0 Å². The number of carbonyl (C=O) groups is 4. The Kier molecular flexibility index (Phi) is 7.78. The Bertz CT molecular complexity index is 521. The first kappa shape index (κ1) is 20.8. The van der Waals surface area contributed by atoms with E-state index < -0.39 is 54.6 Å². The molecular weight excluding hydrogens is 338 g/mol. The van der Waals surface area contributed by atoms with E-state index >= 15 is 0 Å². The first-order valence-corrected chi connectivity index (χ1v) is 7.68. The predicted molar refractivity (Wildman–Crippen MR) is 80.8 cm³/mol. The second kappa shape index (κ2) is 9.33. The standard InChI is InChI=1S/C15H23NO9/c1-6-10(20)24-15-13(23-9(4)19)12(22-8(3)18)11(16-7(2)17)14(21-5)25-15/h11-15H,6H2,1-5H3,(H,16,17). The van der Waals surface area contributed by atoms with Gasteiger partial charge in [0.15, 0.2) is 12.4 Å². The van der Waals surface area contributed by atoms with Crippen molar-refractivity contribution < 1.29 is 42.9 Å². The van der Waals surface area contributed by atoms with Gasteiger partial charge < -0.3 is 29.0 Å². The van der Waals surface area contributed by atoms with Gasteiger partial charge in [-0.05, 0) is 0 Å². The van der Waals surface area contributed by atoms with Crippen LogP contribution in [0, 0.1) is 0 Å². The molecular formula is C15H23NO9. The first-order chi connectivity index (χ1) is 11.7. The van der Waals surface area contributed by atoms with Crippen LogP contribution in [0.4, 0.5) is 0 Å². The summed E-state index contributed by atoms with van der Waals surface area (Å²) in [5.41, 5.74) is 0. The van der Waals surface area contributed by atoms with Crippen LogP contribution in [0.25, 0.3) is 0 Å². The summed E-state index contributed by atoms with van der Waals surface area (Å²) in [6.45, 7) is 5.12. The molecule has 1 heterocycles. The van der Waals surface area contributed by atoms with Crippen molar-refractivity contribution in [3.8, 4) is 0 Å². The summed E-state index contributed by atoms with van der Waals surface area (Å²) in [6.07, 6.45) is -4.87. The Hall–Kier alpha value is -2.20. The SMILES string of the molecule is CCC(=O)OC1OC(OC)C(NC(C)=O)C(OC(C)=O)C1OC(C)=O. The fourth-order valence-electron chi connectivity index (χ4n) is 2.35. The number of methoxy groups -OCH3 is 1. The Morgan fingerprint density at radius 3 is 1.92 bits per heavy atom. The molecule has 25 heavy (non-hydrogen) atoms. The second-order valence-corrected chi connectivity index (χ2v) is 5.33.